The molecule has 0 amide bonds. The number of benzene rings is 4. The van der Waals surface area contributed by atoms with Crippen LogP contribution in [0, 0.1) is 27.7 Å². The molecule has 0 aliphatic carbocycles. The van der Waals surface area contributed by atoms with Crippen LogP contribution in [0.4, 0.5) is 0 Å². The van der Waals surface area contributed by atoms with E-state index in [-0.39, 0.29) is 13.2 Å². The van der Waals surface area contributed by atoms with Crippen molar-refractivity contribution in [2.24, 2.45) is 0 Å². The highest BCUT2D eigenvalue weighted by Gasteiger charge is 2.34. The van der Waals surface area contributed by atoms with Gasteiger partial charge in [0.1, 0.15) is 0 Å². The zero-order valence-electron chi connectivity index (χ0n) is 18.4. The number of hydrogen-bond acceptors (Lipinski definition) is 0. The van der Waals surface area contributed by atoms with E-state index in [9.17, 15) is 0 Å². The smallest absolute Gasteiger partial charge is 0.0814 e. The lowest BCUT2D eigenvalue weighted by Crippen LogP contribution is -2.65. The van der Waals surface area contributed by atoms with Crippen molar-refractivity contribution >= 4 is 35.1 Å². The van der Waals surface area contributed by atoms with Gasteiger partial charge in [-0.3, -0.25) is 0 Å². The zero-order chi connectivity index (χ0) is 21.1. The van der Waals surface area contributed by atoms with E-state index in [4.69, 9.17) is 0 Å². The Morgan fingerprint density at radius 1 is 0.300 bits per heavy atom. The van der Waals surface area contributed by atoms with Crippen LogP contribution in [0.2, 0.25) is 0 Å². The maximum absolute atomic E-state index is 2.30. The van der Waals surface area contributed by atoms with E-state index in [0.717, 1.165) is 0 Å². The van der Waals surface area contributed by atoms with Crippen LogP contribution in [0.3, 0.4) is 0 Å². The first-order valence-electron chi connectivity index (χ1n) is 10.8. The van der Waals surface area contributed by atoms with Crippen molar-refractivity contribution in [2.75, 3.05) is 0 Å². The fourth-order valence-corrected chi connectivity index (χ4v) is 4.25. The van der Waals surface area contributed by atoms with Crippen molar-refractivity contribution in [1.29, 1.82) is 0 Å². The molecule has 0 fully saturated rings. The van der Waals surface area contributed by atoms with Gasteiger partial charge in [0.2, 0.25) is 0 Å². The van der Waals surface area contributed by atoms with Gasteiger partial charge in [0.05, 0.1) is 0 Å². The molecule has 0 saturated heterocycles. The minimum atomic E-state index is 0.247. The SMILES string of the molecule is Cc1ccc(B(B(c2ccc(C)cc2)c2ccc(C)cc2)c2ccc(C)cc2)cc1. The topological polar surface area (TPSA) is 0 Å². The van der Waals surface area contributed by atoms with Crippen LogP contribution in [0.1, 0.15) is 22.3 Å². The van der Waals surface area contributed by atoms with Crippen LogP contribution < -0.4 is 21.9 Å². The summed E-state index contributed by atoms with van der Waals surface area (Å²) in [7, 11) is 0. The zero-order valence-corrected chi connectivity index (χ0v) is 18.4. The Labute approximate surface area is 182 Å². The molecule has 0 aliphatic heterocycles. The number of aryl methyl sites for hydroxylation is 4. The standard InChI is InChI=1S/C28H28B2/c1-21-5-13-25(14-6-21)29(26-15-7-22(2)8-16-26)30(27-17-9-23(3)10-18-27)28-19-11-24(4)12-20-28/h5-20H,1-4H3. The maximum Gasteiger partial charge on any atom is 0.191 e. The van der Waals surface area contributed by atoms with E-state index < -0.39 is 0 Å². The first-order valence-corrected chi connectivity index (χ1v) is 10.8. The van der Waals surface area contributed by atoms with Crippen LogP contribution in [-0.2, 0) is 0 Å². The predicted molar refractivity (Wildman–Crippen MR) is 135 cm³/mol. The lowest BCUT2D eigenvalue weighted by Gasteiger charge is -2.25. The van der Waals surface area contributed by atoms with Gasteiger partial charge >= 0.3 is 0 Å². The summed E-state index contributed by atoms with van der Waals surface area (Å²) in [6, 6.07) is 36.3. The minimum Gasteiger partial charge on any atom is -0.0814 e. The first-order chi connectivity index (χ1) is 14.5. The lowest BCUT2D eigenvalue weighted by molar-refractivity contribution is 1.48. The molecular weight excluding hydrogens is 358 g/mol. The molecule has 0 aromatic heterocycles. The Bertz CT molecular complexity index is 909. The summed E-state index contributed by atoms with van der Waals surface area (Å²) in [4.78, 5) is 0. The summed E-state index contributed by atoms with van der Waals surface area (Å²) in [5.74, 6) is 0. The Morgan fingerprint density at radius 2 is 0.467 bits per heavy atom. The van der Waals surface area contributed by atoms with Crippen molar-refractivity contribution in [3.05, 3.63) is 119 Å². The van der Waals surface area contributed by atoms with E-state index in [2.05, 4.69) is 125 Å². The summed E-state index contributed by atoms with van der Waals surface area (Å²) in [6.45, 7) is 9.11. The van der Waals surface area contributed by atoms with Gasteiger partial charge in [0.15, 0.2) is 13.2 Å². The molecule has 0 N–H and O–H groups in total. The Balaban J connectivity index is 1.93. The normalized spacial score (nSPS) is 10.7. The Hall–Kier alpha value is -2.99. The third-order valence-corrected chi connectivity index (χ3v) is 6.08. The molecule has 30 heavy (non-hydrogen) atoms. The second kappa shape index (κ2) is 8.79. The van der Waals surface area contributed by atoms with Gasteiger partial charge < -0.3 is 0 Å². The highest BCUT2D eigenvalue weighted by Crippen LogP contribution is 2.06. The van der Waals surface area contributed by atoms with Crippen molar-refractivity contribution in [1.82, 2.24) is 0 Å². The summed E-state index contributed by atoms with van der Waals surface area (Å²) in [5, 5.41) is 0. The fraction of sp³-hybridized carbons (Fsp3) is 0.143. The first kappa shape index (κ1) is 20.3. The second-order valence-electron chi connectivity index (χ2n) is 8.60. The largest absolute Gasteiger partial charge is 0.191 e. The monoisotopic (exact) mass is 386 g/mol. The van der Waals surface area contributed by atoms with Crippen molar-refractivity contribution < 1.29 is 0 Å². The van der Waals surface area contributed by atoms with E-state index in [1.165, 1.54) is 44.1 Å². The van der Waals surface area contributed by atoms with Crippen LogP contribution in [-0.4, -0.2) is 13.2 Å². The molecule has 4 rings (SSSR count). The van der Waals surface area contributed by atoms with Crippen LogP contribution in [0.15, 0.2) is 97.1 Å². The molecule has 0 bridgehead atoms. The molecule has 0 aliphatic rings. The third kappa shape index (κ3) is 4.44. The van der Waals surface area contributed by atoms with Gasteiger partial charge in [-0.05, 0) is 27.7 Å². The minimum absolute atomic E-state index is 0.247. The van der Waals surface area contributed by atoms with Crippen molar-refractivity contribution in [3.63, 3.8) is 0 Å². The average molecular weight is 386 g/mol. The van der Waals surface area contributed by atoms with Crippen molar-refractivity contribution in [2.45, 2.75) is 27.7 Å². The van der Waals surface area contributed by atoms with Crippen LogP contribution >= 0.6 is 0 Å². The molecule has 0 nitrogen and oxygen atoms in total. The Morgan fingerprint density at radius 3 is 0.633 bits per heavy atom. The van der Waals surface area contributed by atoms with Gasteiger partial charge in [-0.1, -0.05) is 141 Å². The highest BCUT2D eigenvalue weighted by atomic mass is 14.0. The fourth-order valence-electron chi connectivity index (χ4n) is 4.25. The summed E-state index contributed by atoms with van der Waals surface area (Å²) < 4.78 is 0. The van der Waals surface area contributed by atoms with E-state index in [1.54, 1.807) is 0 Å². The third-order valence-electron chi connectivity index (χ3n) is 6.08. The molecule has 4 aromatic rings. The predicted octanol–water partition coefficient (Wildman–Crippen LogP) is 3.92. The van der Waals surface area contributed by atoms with Gasteiger partial charge in [-0.25, -0.2) is 0 Å². The average Bonchev–Trinajstić information content (AvgIpc) is 2.75. The van der Waals surface area contributed by atoms with E-state index in [1.807, 2.05) is 0 Å². The molecule has 4 aromatic carbocycles. The lowest BCUT2D eigenvalue weighted by atomic mass is 9.02. The quantitative estimate of drug-likeness (QED) is 0.457. The number of rotatable bonds is 5. The van der Waals surface area contributed by atoms with Crippen LogP contribution in [0.25, 0.3) is 0 Å². The highest BCUT2D eigenvalue weighted by molar-refractivity contribution is 7.42. The molecule has 146 valence electrons. The molecular formula is C28H28B2. The molecule has 0 saturated carbocycles. The molecule has 0 heterocycles. The summed E-state index contributed by atoms with van der Waals surface area (Å²) in [5.41, 5.74) is 10.6. The van der Waals surface area contributed by atoms with E-state index in [0.29, 0.717) is 0 Å². The van der Waals surface area contributed by atoms with Gasteiger partial charge in [0.25, 0.3) is 0 Å². The molecule has 0 radical (unpaired) electrons. The molecule has 0 atom stereocenters. The molecule has 2 heteroatoms. The van der Waals surface area contributed by atoms with Crippen molar-refractivity contribution in [3.8, 4) is 0 Å². The maximum atomic E-state index is 2.30. The molecule has 0 unspecified atom stereocenters. The summed E-state index contributed by atoms with van der Waals surface area (Å²) in [6.07, 6.45) is 0. The molecule has 0 spiro atoms. The second-order valence-corrected chi connectivity index (χ2v) is 8.60. The summed E-state index contributed by atoms with van der Waals surface area (Å²) >= 11 is 0. The van der Waals surface area contributed by atoms with Gasteiger partial charge in [-0.15, -0.1) is 0 Å². The number of hydrogen-bond donors (Lipinski definition) is 0. The Kier molecular flexibility index (Phi) is 5.95. The van der Waals surface area contributed by atoms with Gasteiger partial charge in [-0.2, -0.15) is 0 Å². The van der Waals surface area contributed by atoms with E-state index >= 15 is 0 Å². The van der Waals surface area contributed by atoms with Gasteiger partial charge in [0, 0.05) is 0 Å². The van der Waals surface area contributed by atoms with Crippen LogP contribution in [0.5, 0.6) is 0 Å².